The minimum Gasteiger partial charge on any atom is -0.325 e. The van der Waals surface area contributed by atoms with E-state index in [1.54, 1.807) is 42.6 Å². The van der Waals surface area contributed by atoms with Crippen molar-refractivity contribution in [2.24, 2.45) is 7.05 Å². The fraction of sp³-hybridized carbons (Fsp3) is 0.158. The van der Waals surface area contributed by atoms with Gasteiger partial charge in [0.25, 0.3) is 5.56 Å². The normalized spacial score (nSPS) is 12.4. The van der Waals surface area contributed by atoms with Crippen LogP contribution >= 0.6 is 11.8 Å². The number of aromatic nitrogens is 4. The molecule has 2 aromatic carbocycles. The van der Waals surface area contributed by atoms with Gasteiger partial charge in [-0.3, -0.25) is 18.6 Å². The summed E-state index contributed by atoms with van der Waals surface area (Å²) in [7, 11) is 1.60. The van der Waals surface area contributed by atoms with Crippen LogP contribution in [0.3, 0.4) is 0 Å². The molecule has 1 atom stereocenters. The molecular weight excluding hydrogens is 400 g/mol. The van der Waals surface area contributed by atoms with Crippen LogP contribution in [0.1, 0.15) is 6.92 Å². The molecule has 1 unspecified atom stereocenters. The van der Waals surface area contributed by atoms with Crippen LogP contribution in [0, 0.1) is 11.6 Å². The molecule has 2 heterocycles. The van der Waals surface area contributed by atoms with Gasteiger partial charge in [0.2, 0.25) is 11.7 Å². The fourth-order valence-electron chi connectivity index (χ4n) is 2.92. The van der Waals surface area contributed by atoms with Gasteiger partial charge in [-0.2, -0.15) is 0 Å². The summed E-state index contributed by atoms with van der Waals surface area (Å²) < 4.78 is 29.5. The van der Waals surface area contributed by atoms with Crippen LogP contribution in [0.2, 0.25) is 0 Å². The summed E-state index contributed by atoms with van der Waals surface area (Å²) in [5.74, 6) is -2.09. The third-order valence-electron chi connectivity index (χ3n) is 4.43. The molecule has 10 heteroatoms. The van der Waals surface area contributed by atoms with E-state index < -0.39 is 22.8 Å². The summed E-state index contributed by atoms with van der Waals surface area (Å²) in [6, 6.07) is 10.2. The molecule has 4 aromatic rings. The third kappa shape index (κ3) is 3.35. The molecule has 0 aliphatic rings. The molecule has 1 amide bonds. The third-order valence-corrected chi connectivity index (χ3v) is 5.48. The lowest BCUT2D eigenvalue weighted by Gasteiger charge is -2.12. The van der Waals surface area contributed by atoms with Crippen molar-refractivity contribution in [1.29, 1.82) is 0 Å². The maximum absolute atomic E-state index is 13.3. The second-order valence-electron chi connectivity index (χ2n) is 6.38. The predicted octanol–water partition coefficient (Wildman–Crippen LogP) is 2.98. The zero-order valence-electron chi connectivity index (χ0n) is 15.4. The second-order valence-corrected chi connectivity index (χ2v) is 7.69. The first-order valence-corrected chi connectivity index (χ1v) is 9.50. The standard InChI is InChI=1S/C19H15F2N5O2S/c1-10(16(27)22-11-7-8-13(20)14(21)9-11)29-19-24-23-18-25(2)17(28)12-5-3-4-6-15(12)26(18)19/h3-10H,1-2H3,(H,22,27). The number of carbonyl (C=O) groups is 1. The van der Waals surface area contributed by atoms with Crippen LogP contribution in [-0.4, -0.2) is 30.3 Å². The molecule has 0 bridgehead atoms. The Balaban J connectivity index is 1.66. The maximum Gasteiger partial charge on any atom is 0.262 e. The number of hydrogen-bond donors (Lipinski definition) is 1. The number of halogens is 2. The molecule has 0 saturated carbocycles. The van der Waals surface area contributed by atoms with Crippen LogP contribution in [0.4, 0.5) is 14.5 Å². The Morgan fingerprint density at radius 1 is 1.14 bits per heavy atom. The molecule has 148 valence electrons. The van der Waals surface area contributed by atoms with Crippen LogP contribution in [-0.2, 0) is 11.8 Å². The van der Waals surface area contributed by atoms with Crippen molar-refractivity contribution in [3.8, 4) is 0 Å². The first kappa shape index (κ1) is 19.1. The van der Waals surface area contributed by atoms with Gasteiger partial charge < -0.3 is 5.32 Å². The van der Waals surface area contributed by atoms with E-state index >= 15 is 0 Å². The van der Waals surface area contributed by atoms with E-state index in [0.717, 1.165) is 23.9 Å². The zero-order chi connectivity index (χ0) is 20.7. The summed E-state index contributed by atoms with van der Waals surface area (Å²) in [4.78, 5) is 25.0. The minimum atomic E-state index is -1.04. The van der Waals surface area contributed by atoms with Gasteiger partial charge in [0, 0.05) is 18.8 Å². The number of amides is 1. The molecule has 1 N–H and O–H groups in total. The SMILES string of the molecule is CC(Sc1nnc2n(C)c(=O)c3ccccc3n12)C(=O)Nc1ccc(F)c(F)c1. The van der Waals surface area contributed by atoms with Crippen molar-refractivity contribution in [3.63, 3.8) is 0 Å². The highest BCUT2D eigenvalue weighted by atomic mass is 32.2. The zero-order valence-corrected chi connectivity index (χ0v) is 16.2. The molecule has 0 aliphatic carbocycles. The van der Waals surface area contributed by atoms with Crippen LogP contribution in [0.25, 0.3) is 16.7 Å². The summed E-state index contributed by atoms with van der Waals surface area (Å²) in [5, 5.41) is 11.1. The Labute approximate surface area is 167 Å². The molecule has 4 rings (SSSR count). The van der Waals surface area contributed by atoms with E-state index in [4.69, 9.17) is 0 Å². The van der Waals surface area contributed by atoms with E-state index in [1.165, 1.54) is 10.6 Å². The first-order valence-electron chi connectivity index (χ1n) is 8.62. The van der Waals surface area contributed by atoms with Gasteiger partial charge in [0.1, 0.15) is 0 Å². The van der Waals surface area contributed by atoms with Crippen molar-refractivity contribution in [1.82, 2.24) is 19.2 Å². The summed E-state index contributed by atoms with van der Waals surface area (Å²) in [6.45, 7) is 1.66. The van der Waals surface area contributed by atoms with Crippen molar-refractivity contribution in [2.45, 2.75) is 17.3 Å². The Bertz CT molecular complexity index is 1320. The molecule has 2 aromatic heterocycles. The van der Waals surface area contributed by atoms with E-state index in [9.17, 15) is 18.4 Å². The Morgan fingerprint density at radius 3 is 2.66 bits per heavy atom. The van der Waals surface area contributed by atoms with Gasteiger partial charge in [-0.1, -0.05) is 23.9 Å². The monoisotopic (exact) mass is 415 g/mol. The summed E-state index contributed by atoms with van der Waals surface area (Å²) in [5.41, 5.74) is 0.591. The number of nitrogens with one attached hydrogen (secondary N) is 1. The summed E-state index contributed by atoms with van der Waals surface area (Å²) in [6.07, 6.45) is 0. The number of anilines is 1. The van der Waals surface area contributed by atoms with Crippen LogP contribution in [0.5, 0.6) is 0 Å². The van der Waals surface area contributed by atoms with E-state index in [1.807, 2.05) is 0 Å². The first-order chi connectivity index (χ1) is 13.9. The molecule has 0 saturated heterocycles. The number of hydrogen-bond acceptors (Lipinski definition) is 5. The number of fused-ring (bicyclic) bond motifs is 3. The number of rotatable bonds is 4. The number of aryl methyl sites for hydroxylation is 1. The molecule has 29 heavy (non-hydrogen) atoms. The Hall–Kier alpha value is -3.27. The van der Waals surface area contributed by atoms with Gasteiger partial charge in [-0.25, -0.2) is 8.78 Å². The van der Waals surface area contributed by atoms with Crippen LogP contribution in [0.15, 0.2) is 52.4 Å². The summed E-state index contributed by atoms with van der Waals surface area (Å²) >= 11 is 1.14. The van der Waals surface area contributed by atoms with E-state index in [0.29, 0.717) is 21.8 Å². The van der Waals surface area contributed by atoms with Crippen LogP contribution < -0.4 is 10.9 Å². The highest BCUT2D eigenvalue weighted by Crippen LogP contribution is 2.25. The number of para-hydroxylation sites is 1. The van der Waals surface area contributed by atoms with Gasteiger partial charge in [0.15, 0.2) is 16.8 Å². The second kappa shape index (κ2) is 7.28. The molecule has 0 radical (unpaired) electrons. The number of carbonyl (C=O) groups excluding carboxylic acids is 1. The quantitative estimate of drug-likeness (QED) is 0.519. The lowest BCUT2D eigenvalue weighted by Crippen LogP contribution is -2.23. The lowest BCUT2D eigenvalue weighted by atomic mass is 10.2. The molecule has 7 nitrogen and oxygen atoms in total. The molecule has 0 aliphatic heterocycles. The average Bonchev–Trinajstić information content (AvgIpc) is 3.12. The van der Waals surface area contributed by atoms with Crippen molar-refractivity contribution in [2.75, 3.05) is 5.32 Å². The highest BCUT2D eigenvalue weighted by molar-refractivity contribution is 8.00. The number of benzene rings is 2. The van der Waals surface area contributed by atoms with Crippen molar-refractivity contribution in [3.05, 3.63) is 64.5 Å². The maximum atomic E-state index is 13.3. The van der Waals surface area contributed by atoms with Gasteiger partial charge in [-0.15, -0.1) is 10.2 Å². The van der Waals surface area contributed by atoms with Gasteiger partial charge in [-0.05, 0) is 31.2 Å². The predicted molar refractivity (Wildman–Crippen MR) is 106 cm³/mol. The number of nitrogens with zero attached hydrogens (tertiary/aromatic N) is 4. The Morgan fingerprint density at radius 2 is 1.90 bits per heavy atom. The average molecular weight is 415 g/mol. The minimum absolute atomic E-state index is 0.153. The number of thioether (sulfide) groups is 1. The van der Waals surface area contributed by atoms with E-state index in [-0.39, 0.29) is 11.2 Å². The van der Waals surface area contributed by atoms with E-state index in [2.05, 4.69) is 15.5 Å². The fourth-order valence-corrected chi connectivity index (χ4v) is 3.77. The molecule has 0 fully saturated rings. The van der Waals surface area contributed by atoms with Gasteiger partial charge >= 0.3 is 0 Å². The highest BCUT2D eigenvalue weighted by Gasteiger charge is 2.21. The van der Waals surface area contributed by atoms with Crippen molar-refractivity contribution >= 4 is 40.0 Å². The van der Waals surface area contributed by atoms with Gasteiger partial charge in [0.05, 0.1) is 16.2 Å². The Kier molecular flexibility index (Phi) is 4.79. The van der Waals surface area contributed by atoms with Crippen molar-refractivity contribution < 1.29 is 13.6 Å². The smallest absolute Gasteiger partial charge is 0.262 e. The largest absolute Gasteiger partial charge is 0.325 e. The lowest BCUT2D eigenvalue weighted by molar-refractivity contribution is -0.115. The molecule has 0 spiro atoms. The molecular formula is C19H15F2N5O2S. The topological polar surface area (TPSA) is 81.3 Å².